The van der Waals surface area contributed by atoms with Crippen LogP contribution < -0.4 is 16.0 Å². The molecule has 1 rings (SSSR count). The third-order valence-corrected chi connectivity index (χ3v) is 3.09. The highest BCUT2D eigenvalue weighted by Gasteiger charge is 2.12. The Balaban J connectivity index is 2.67. The van der Waals surface area contributed by atoms with Crippen molar-refractivity contribution in [3.8, 4) is 6.07 Å². The van der Waals surface area contributed by atoms with Crippen LogP contribution in [0.15, 0.2) is 36.0 Å². The summed E-state index contributed by atoms with van der Waals surface area (Å²) in [7, 11) is 0. The lowest BCUT2D eigenvalue weighted by molar-refractivity contribution is -0.119. The van der Waals surface area contributed by atoms with Gasteiger partial charge in [0.1, 0.15) is 11.6 Å². The largest absolute Gasteiger partial charge is 0.388 e. The summed E-state index contributed by atoms with van der Waals surface area (Å²) in [6.45, 7) is 6.35. The molecule has 1 aromatic carbocycles. The molecule has 3 N–H and O–H groups in total. The number of nitriles is 1. The zero-order valence-electron chi connectivity index (χ0n) is 13.6. The van der Waals surface area contributed by atoms with E-state index in [2.05, 4.69) is 16.0 Å². The Bertz CT molecular complexity index is 630. The quantitative estimate of drug-likeness (QED) is 0.407. The zero-order chi connectivity index (χ0) is 17.2. The highest BCUT2D eigenvalue weighted by atomic mass is 16.2. The number of para-hydroxylation sites is 1. The predicted octanol–water partition coefficient (Wildman–Crippen LogP) is 1.88. The molecule has 0 spiro atoms. The number of carbonyl (C=O) groups excluding carboxylic acids is 2. The molecule has 1 aromatic rings. The molecule has 6 heteroatoms. The van der Waals surface area contributed by atoms with Crippen molar-refractivity contribution in [2.45, 2.75) is 26.7 Å². The van der Waals surface area contributed by atoms with E-state index in [4.69, 9.17) is 5.26 Å². The van der Waals surface area contributed by atoms with Crippen molar-refractivity contribution < 1.29 is 9.59 Å². The van der Waals surface area contributed by atoms with Crippen molar-refractivity contribution in [1.29, 1.82) is 5.26 Å². The van der Waals surface area contributed by atoms with Crippen LogP contribution in [0.25, 0.3) is 0 Å². The summed E-state index contributed by atoms with van der Waals surface area (Å²) in [6, 6.07) is 9.38. The Morgan fingerprint density at radius 3 is 2.57 bits per heavy atom. The number of hydrogen-bond acceptors (Lipinski definition) is 4. The van der Waals surface area contributed by atoms with E-state index < -0.39 is 5.91 Å². The number of benzene rings is 1. The molecule has 2 amide bonds. The summed E-state index contributed by atoms with van der Waals surface area (Å²) in [6.07, 6.45) is 1.36. The van der Waals surface area contributed by atoms with Crippen molar-refractivity contribution in [3.05, 3.63) is 41.6 Å². The van der Waals surface area contributed by atoms with E-state index in [0.717, 1.165) is 5.56 Å². The lowest BCUT2D eigenvalue weighted by atomic mass is 10.0. The Morgan fingerprint density at radius 1 is 1.26 bits per heavy atom. The van der Waals surface area contributed by atoms with Crippen molar-refractivity contribution in [1.82, 2.24) is 10.6 Å². The fraction of sp³-hybridized carbons (Fsp3) is 0.353. The Morgan fingerprint density at radius 2 is 1.96 bits per heavy atom. The van der Waals surface area contributed by atoms with Crippen LogP contribution in [0.3, 0.4) is 0 Å². The Hall–Kier alpha value is -2.81. The lowest BCUT2D eigenvalue weighted by Gasteiger charge is -2.13. The molecule has 122 valence electrons. The molecular weight excluding hydrogens is 292 g/mol. The van der Waals surface area contributed by atoms with Gasteiger partial charge in [-0.05, 0) is 17.5 Å². The molecule has 23 heavy (non-hydrogen) atoms. The number of hydrogen-bond donors (Lipinski definition) is 3. The lowest BCUT2D eigenvalue weighted by Crippen LogP contribution is -2.28. The molecule has 6 nitrogen and oxygen atoms in total. The Kier molecular flexibility index (Phi) is 7.34. The summed E-state index contributed by atoms with van der Waals surface area (Å²) >= 11 is 0. The van der Waals surface area contributed by atoms with Gasteiger partial charge in [0.2, 0.25) is 5.91 Å². The third-order valence-electron chi connectivity index (χ3n) is 3.09. The first kappa shape index (κ1) is 18.2. The molecule has 0 saturated carbocycles. The van der Waals surface area contributed by atoms with Gasteiger partial charge in [0.25, 0.3) is 5.91 Å². The fourth-order valence-electron chi connectivity index (χ4n) is 1.94. The van der Waals surface area contributed by atoms with Gasteiger partial charge in [-0.25, -0.2) is 0 Å². The summed E-state index contributed by atoms with van der Waals surface area (Å²) in [5.74, 6) is -0.330. The molecule has 0 atom stereocenters. The minimum atomic E-state index is -0.465. The van der Waals surface area contributed by atoms with Gasteiger partial charge in [-0.2, -0.15) is 5.26 Å². The van der Waals surface area contributed by atoms with Crippen LogP contribution in [0.1, 0.15) is 32.3 Å². The topological polar surface area (TPSA) is 94.0 Å². The molecule has 0 radical (unpaired) electrons. The van der Waals surface area contributed by atoms with E-state index >= 15 is 0 Å². The van der Waals surface area contributed by atoms with Crippen LogP contribution in [0, 0.1) is 11.3 Å². The summed E-state index contributed by atoms with van der Waals surface area (Å²) in [4.78, 5) is 22.9. The second kappa shape index (κ2) is 9.26. The van der Waals surface area contributed by atoms with E-state index in [1.807, 2.05) is 44.2 Å². The maximum absolute atomic E-state index is 12.2. The maximum atomic E-state index is 12.2. The van der Waals surface area contributed by atoms with Crippen LogP contribution in [0.5, 0.6) is 0 Å². The van der Waals surface area contributed by atoms with Crippen molar-refractivity contribution in [2.75, 3.05) is 18.4 Å². The molecule has 0 saturated heterocycles. The SMILES string of the molecule is CC(=O)NCCN/C=C(/C#N)C(=O)Nc1ccccc1C(C)C. The minimum absolute atomic E-state index is 0.0219. The van der Waals surface area contributed by atoms with Crippen LogP contribution in [-0.4, -0.2) is 24.9 Å². The minimum Gasteiger partial charge on any atom is -0.388 e. The fourth-order valence-corrected chi connectivity index (χ4v) is 1.94. The molecule has 0 fully saturated rings. The van der Waals surface area contributed by atoms with E-state index in [1.165, 1.54) is 13.1 Å². The first-order valence-electron chi connectivity index (χ1n) is 7.44. The number of carbonyl (C=O) groups is 2. The average molecular weight is 314 g/mol. The number of amides is 2. The van der Waals surface area contributed by atoms with Gasteiger partial charge >= 0.3 is 0 Å². The molecule has 0 unspecified atom stereocenters. The molecular formula is C17H22N4O2. The first-order valence-corrected chi connectivity index (χ1v) is 7.44. The Labute approximate surface area is 136 Å². The van der Waals surface area contributed by atoms with Crippen molar-refractivity contribution in [3.63, 3.8) is 0 Å². The first-order chi connectivity index (χ1) is 11.0. The molecule has 0 heterocycles. The van der Waals surface area contributed by atoms with Crippen LogP contribution in [0.4, 0.5) is 5.69 Å². The van der Waals surface area contributed by atoms with Crippen LogP contribution in [0.2, 0.25) is 0 Å². The summed E-state index contributed by atoms with van der Waals surface area (Å²) < 4.78 is 0. The molecule has 0 aliphatic heterocycles. The standard InChI is InChI=1S/C17H22N4O2/c1-12(2)15-6-4-5-7-16(15)21-17(23)14(10-18)11-19-8-9-20-13(3)22/h4-7,11-12,19H,8-9H2,1-3H3,(H,20,22)(H,21,23)/b14-11-. The van der Waals surface area contributed by atoms with Gasteiger partial charge in [-0.3, -0.25) is 9.59 Å². The normalized spacial score (nSPS) is 10.8. The monoisotopic (exact) mass is 314 g/mol. The molecule has 0 aliphatic carbocycles. The predicted molar refractivity (Wildman–Crippen MR) is 89.5 cm³/mol. The maximum Gasteiger partial charge on any atom is 0.267 e. The van der Waals surface area contributed by atoms with Gasteiger partial charge in [-0.15, -0.1) is 0 Å². The smallest absolute Gasteiger partial charge is 0.267 e. The average Bonchev–Trinajstić information content (AvgIpc) is 2.50. The van der Waals surface area contributed by atoms with E-state index in [9.17, 15) is 9.59 Å². The number of nitrogens with zero attached hydrogens (tertiary/aromatic N) is 1. The van der Waals surface area contributed by atoms with Crippen molar-refractivity contribution in [2.24, 2.45) is 0 Å². The van der Waals surface area contributed by atoms with Gasteiger partial charge in [-0.1, -0.05) is 32.0 Å². The van der Waals surface area contributed by atoms with Gasteiger partial charge in [0, 0.05) is 31.9 Å². The molecule has 0 aliphatic rings. The second-order valence-corrected chi connectivity index (χ2v) is 5.30. The summed E-state index contributed by atoms with van der Waals surface area (Å²) in [5.41, 5.74) is 1.69. The van der Waals surface area contributed by atoms with Gasteiger partial charge in [0.05, 0.1) is 0 Å². The van der Waals surface area contributed by atoms with E-state index in [1.54, 1.807) is 0 Å². The second-order valence-electron chi connectivity index (χ2n) is 5.30. The molecule has 0 aromatic heterocycles. The zero-order valence-corrected chi connectivity index (χ0v) is 13.6. The third kappa shape index (κ3) is 6.22. The van der Waals surface area contributed by atoms with Gasteiger partial charge in [0.15, 0.2) is 0 Å². The number of nitrogens with one attached hydrogen (secondary N) is 3. The van der Waals surface area contributed by atoms with Crippen molar-refractivity contribution >= 4 is 17.5 Å². The van der Waals surface area contributed by atoms with Crippen LogP contribution >= 0.6 is 0 Å². The highest BCUT2D eigenvalue weighted by Crippen LogP contribution is 2.23. The molecule has 0 bridgehead atoms. The van der Waals surface area contributed by atoms with E-state index in [-0.39, 0.29) is 17.4 Å². The summed E-state index contributed by atoms with van der Waals surface area (Å²) in [5, 5.41) is 17.3. The number of rotatable bonds is 7. The number of anilines is 1. The van der Waals surface area contributed by atoms with E-state index in [0.29, 0.717) is 18.8 Å². The highest BCUT2D eigenvalue weighted by molar-refractivity contribution is 6.06. The van der Waals surface area contributed by atoms with Gasteiger partial charge < -0.3 is 16.0 Å². The van der Waals surface area contributed by atoms with Crippen LogP contribution in [-0.2, 0) is 9.59 Å².